The first-order valence-electron chi connectivity index (χ1n) is 10.2. The van der Waals surface area contributed by atoms with E-state index in [1.165, 1.54) is 0 Å². The summed E-state index contributed by atoms with van der Waals surface area (Å²) in [6.07, 6.45) is 1.20. The highest BCUT2D eigenvalue weighted by Crippen LogP contribution is 2.47. The summed E-state index contributed by atoms with van der Waals surface area (Å²) in [5.74, 6) is 0.122. The predicted octanol–water partition coefficient (Wildman–Crippen LogP) is 3.87. The number of thioether (sulfide) groups is 1. The predicted molar refractivity (Wildman–Crippen MR) is 115 cm³/mol. The molecule has 29 heavy (non-hydrogen) atoms. The van der Waals surface area contributed by atoms with E-state index in [9.17, 15) is 14.4 Å². The molecule has 2 fully saturated rings. The molecule has 2 heterocycles. The molecule has 2 atom stereocenters. The molecule has 0 spiro atoms. The van der Waals surface area contributed by atoms with Crippen LogP contribution in [0.5, 0.6) is 0 Å². The number of rotatable bonds is 6. The van der Waals surface area contributed by atoms with Crippen molar-refractivity contribution in [2.45, 2.75) is 70.2 Å². The van der Waals surface area contributed by atoms with E-state index in [0.29, 0.717) is 12.2 Å². The second-order valence-electron chi connectivity index (χ2n) is 8.54. The number of ether oxygens (including phenoxy) is 1. The Kier molecular flexibility index (Phi) is 6.27. The Morgan fingerprint density at radius 3 is 2.45 bits per heavy atom. The quantitative estimate of drug-likeness (QED) is 0.710. The van der Waals surface area contributed by atoms with Crippen LogP contribution >= 0.6 is 11.8 Å². The van der Waals surface area contributed by atoms with Crippen LogP contribution in [-0.4, -0.2) is 46.0 Å². The number of amides is 2. The smallest absolute Gasteiger partial charge is 0.330 e. The zero-order valence-electron chi connectivity index (χ0n) is 17.8. The molecule has 0 saturated carbocycles. The number of hydrogen-bond acceptors (Lipinski definition) is 5. The van der Waals surface area contributed by atoms with Crippen LogP contribution in [0.4, 0.5) is 5.69 Å². The normalized spacial score (nSPS) is 23.6. The molecular weight excluding hydrogens is 388 g/mol. The first kappa shape index (κ1) is 21.7. The highest BCUT2D eigenvalue weighted by atomic mass is 32.2. The Hall–Kier alpha value is -2.02. The number of carbonyl (C=O) groups excluding carboxylic acids is 3. The summed E-state index contributed by atoms with van der Waals surface area (Å²) in [7, 11) is 0. The minimum Gasteiger partial charge on any atom is -0.454 e. The number of hydrogen-bond donors (Lipinski definition) is 1. The van der Waals surface area contributed by atoms with E-state index in [1.807, 2.05) is 25.1 Å². The Labute approximate surface area is 176 Å². The van der Waals surface area contributed by atoms with Crippen LogP contribution in [0, 0.1) is 0 Å². The molecule has 1 N–H and O–H groups in total. The van der Waals surface area contributed by atoms with E-state index in [4.69, 9.17) is 4.74 Å². The van der Waals surface area contributed by atoms with Crippen molar-refractivity contribution >= 4 is 35.2 Å². The van der Waals surface area contributed by atoms with Crippen molar-refractivity contribution in [3.8, 4) is 0 Å². The molecule has 1 aromatic rings. The molecule has 6 nitrogen and oxygen atoms in total. The number of esters is 1. The Balaban J connectivity index is 1.65. The second-order valence-corrected chi connectivity index (χ2v) is 10.0. The van der Waals surface area contributed by atoms with E-state index in [0.717, 1.165) is 23.2 Å². The number of carbonyl (C=O) groups is 3. The van der Waals surface area contributed by atoms with Crippen molar-refractivity contribution in [1.82, 2.24) is 4.90 Å². The summed E-state index contributed by atoms with van der Waals surface area (Å²) in [5.41, 5.74) is 2.92. The highest BCUT2D eigenvalue weighted by molar-refractivity contribution is 8.01. The summed E-state index contributed by atoms with van der Waals surface area (Å²) in [6, 6.07) is 5.41. The number of nitrogens with one attached hydrogen (secondary N) is 1. The van der Waals surface area contributed by atoms with Crippen LogP contribution in [0.2, 0.25) is 0 Å². The first-order chi connectivity index (χ1) is 13.6. The average molecular weight is 419 g/mol. The molecule has 158 valence electrons. The van der Waals surface area contributed by atoms with Gasteiger partial charge in [-0.15, -0.1) is 11.8 Å². The topological polar surface area (TPSA) is 75.7 Å². The summed E-state index contributed by atoms with van der Waals surface area (Å²) in [5, 5.41) is 2.95. The van der Waals surface area contributed by atoms with E-state index >= 15 is 0 Å². The van der Waals surface area contributed by atoms with Gasteiger partial charge >= 0.3 is 5.97 Å². The van der Waals surface area contributed by atoms with Crippen molar-refractivity contribution in [3.05, 3.63) is 29.3 Å². The van der Waals surface area contributed by atoms with Crippen LogP contribution in [0.15, 0.2) is 18.2 Å². The lowest BCUT2D eigenvalue weighted by atomic mass is 9.92. The summed E-state index contributed by atoms with van der Waals surface area (Å²) in [6.45, 7) is 9.95. The number of benzene rings is 1. The van der Waals surface area contributed by atoms with E-state index in [-0.39, 0.29) is 35.1 Å². The number of nitrogens with zero attached hydrogens (tertiary/aromatic N) is 1. The van der Waals surface area contributed by atoms with Gasteiger partial charge in [-0.2, -0.15) is 0 Å². The fourth-order valence-electron chi connectivity index (χ4n) is 4.10. The van der Waals surface area contributed by atoms with Crippen molar-refractivity contribution < 1.29 is 19.1 Å². The summed E-state index contributed by atoms with van der Waals surface area (Å²) < 4.78 is 5.30. The van der Waals surface area contributed by atoms with E-state index in [1.54, 1.807) is 16.7 Å². The number of anilines is 1. The van der Waals surface area contributed by atoms with Gasteiger partial charge in [-0.05, 0) is 36.3 Å². The molecule has 2 aliphatic heterocycles. The third-order valence-electron chi connectivity index (χ3n) is 5.70. The SMILES string of the molecule is CC(C)c1cccc(C(C)C)c1NC(=O)COC(=O)[C@H]1CS[C@@]2(C)CCC(=O)N12. The third kappa shape index (κ3) is 4.29. The van der Waals surface area contributed by atoms with Crippen LogP contribution in [-0.2, 0) is 19.1 Å². The lowest BCUT2D eigenvalue weighted by molar-refractivity contribution is -0.155. The molecule has 0 aliphatic carbocycles. The minimum atomic E-state index is -0.609. The van der Waals surface area contributed by atoms with Gasteiger partial charge in [-0.25, -0.2) is 4.79 Å². The average Bonchev–Trinajstić information content (AvgIpc) is 3.15. The zero-order valence-corrected chi connectivity index (χ0v) is 18.6. The van der Waals surface area contributed by atoms with Crippen molar-refractivity contribution in [2.75, 3.05) is 17.7 Å². The molecule has 0 radical (unpaired) electrons. The van der Waals surface area contributed by atoms with Crippen molar-refractivity contribution in [3.63, 3.8) is 0 Å². The first-order valence-corrected chi connectivity index (χ1v) is 11.2. The third-order valence-corrected chi connectivity index (χ3v) is 7.20. The number of para-hydroxylation sites is 1. The largest absolute Gasteiger partial charge is 0.454 e. The van der Waals surface area contributed by atoms with Gasteiger partial charge in [-0.3, -0.25) is 9.59 Å². The van der Waals surface area contributed by atoms with Crippen LogP contribution < -0.4 is 5.32 Å². The van der Waals surface area contributed by atoms with Gasteiger partial charge in [0.15, 0.2) is 6.61 Å². The molecule has 3 rings (SSSR count). The standard InChI is InChI=1S/C22H30N2O4S/c1-13(2)15-7-6-8-16(14(3)4)20(15)23-18(25)11-28-21(27)17-12-29-22(5)10-9-19(26)24(17)22/h6-8,13-14,17H,9-12H2,1-5H3,(H,23,25)/t17-,22+/m1/s1. The second kappa shape index (κ2) is 8.38. The van der Waals surface area contributed by atoms with Gasteiger partial charge in [0.1, 0.15) is 6.04 Å². The lowest BCUT2D eigenvalue weighted by Gasteiger charge is -2.29. The Morgan fingerprint density at radius 1 is 1.24 bits per heavy atom. The lowest BCUT2D eigenvalue weighted by Crippen LogP contribution is -2.47. The molecule has 2 amide bonds. The maximum atomic E-state index is 12.6. The van der Waals surface area contributed by atoms with Gasteiger partial charge in [0.2, 0.25) is 5.91 Å². The molecule has 2 aliphatic rings. The highest BCUT2D eigenvalue weighted by Gasteiger charge is 2.53. The van der Waals surface area contributed by atoms with Crippen molar-refractivity contribution in [2.24, 2.45) is 0 Å². The molecular formula is C22H30N2O4S. The molecule has 0 unspecified atom stereocenters. The summed E-state index contributed by atoms with van der Waals surface area (Å²) >= 11 is 1.61. The fraction of sp³-hybridized carbons (Fsp3) is 0.591. The van der Waals surface area contributed by atoms with Gasteiger partial charge < -0.3 is 15.0 Å². The van der Waals surface area contributed by atoms with Crippen LogP contribution in [0.1, 0.15) is 70.4 Å². The molecule has 0 bridgehead atoms. The summed E-state index contributed by atoms with van der Waals surface area (Å²) in [4.78, 5) is 38.6. The Morgan fingerprint density at radius 2 is 1.86 bits per heavy atom. The Bertz CT molecular complexity index is 797. The molecule has 2 saturated heterocycles. The number of fused-ring (bicyclic) bond motifs is 1. The van der Waals surface area contributed by atoms with Gasteiger partial charge in [0.05, 0.1) is 4.87 Å². The fourth-order valence-corrected chi connectivity index (χ4v) is 5.52. The van der Waals surface area contributed by atoms with Gasteiger partial charge in [-0.1, -0.05) is 45.9 Å². The van der Waals surface area contributed by atoms with Crippen LogP contribution in [0.3, 0.4) is 0 Å². The van der Waals surface area contributed by atoms with E-state index < -0.39 is 12.0 Å². The molecule has 7 heteroatoms. The van der Waals surface area contributed by atoms with Crippen molar-refractivity contribution in [1.29, 1.82) is 0 Å². The molecule has 1 aromatic carbocycles. The maximum Gasteiger partial charge on any atom is 0.330 e. The van der Waals surface area contributed by atoms with Gasteiger partial charge in [0.25, 0.3) is 5.91 Å². The minimum absolute atomic E-state index is 0.0173. The maximum absolute atomic E-state index is 12.6. The zero-order chi connectivity index (χ0) is 21.3. The van der Waals surface area contributed by atoms with E-state index in [2.05, 4.69) is 33.0 Å². The van der Waals surface area contributed by atoms with Gasteiger partial charge in [0, 0.05) is 17.9 Å². The monoisotopic (exact) mass is 418 g/mol. The van der Waals surface area contributed by atoms with Crippen LogP contribution in [0.25, 0.3) is 0 Å². The molecule has 0 aromatic heterocycles.